The summed E-state index contributed by atoms with van der Waals surface area (Å²) in [6.07, 6.45) is 3.61. The molecule has 5 heteroatoms. The molecule has 0 aliphatic carbocycles. The Morgan fingerprint density at radius 3 is 2.29 bits per heavy atom. The Kier molecular flexibility index (Phi) is 6.18. The molecule has 0 aliphatic heterocycles. The number of furan rings is 1. The summed E-state index contributed by atoms with van der Waals surface area (Å²) >= 11 is 0. The van der Waals surface area contributed by atoms with Gasteiger partial charge in [0.15, 0.2) is 0 Å². The number of carbonyl (C=O) groups excluding carboxylic acids is 2. The summed E-state index contributed by atoms with van der Waals surface area (Å²) in [5, 5.41) is 0. The third-order valence-electron chi connectivity index (χ3n) is 3.81. The van der Waals surface area contributed by atoms with E-state index in [1.165, 1.54) is 18.4 Å². The van der Waals surface area contributed by atoms with Crippen LogP contribution >= 0.6 is 0 Å². The normalized spacial score (nSPS) is 10.5. The number of amides is 2. The van der Waals surface area contributed by atoms with Crippen LogP contribution in [0.1, 0.15) is 52.8 Å². The van der Waals surface area contributed by atoms with Gasteiger partial charge in [0.25, 0.3) is 5.91 Å². The van der Waals surface area contributed by atoms with Crippen molar-refractivity contribution in [1.82, 2.24) is 10.9 Å². The lowest BCUT2D eigenvalue weighted by Crippen LogP contribution is -2.42. The maximum Gasteiger partial charge on any atom is 0.273 e. The second-order valence-corrected chi connectivity index (χ2v) is 5.93. The second-order valence-electron chi connectivity index (χ2n) is 5.93. The van der Waals surface area contributed by atoms with Gasteiger partial charge in [-0.25, -0.2) is 0 Å². The molecule has 1 heterocycles. The average molecular weight is 328 g/mol. The molecule has 0 saturated heterocycles. The van der Waals surface area contributed by atoms with E-state index in [1.807, 2.05) is 12.1 Å². The minimum atomic E-state index is -0.382. The Morgan fingerprint density at radius 1 is 1.04 bits per heavy atom. The Hall–Kier alpha value is -2.56. The van der Waals surface area contributed by atoms with Gasteiger partial charge in [0.2, 0.25) is 5.91 Å². The molecule has 0 bridgehead atoms. The van der Waals surface area contributed by atoms with Crippen molar-refractivity contribution in [2.75, 3.05) is 0 Å². The first kappa shape index (κ1) is 17.8. The summed E-state index contributed by atoms with van der Waals surface area (Å²) in [7, 11) is 0. The van der Waals surface area contributed by atoms with Crippen LogP contribution in [0.2, 0.25) is 0 Å². The fourth-order valence-corrected chi connectivity index (χ4v) is 2.48. The number of unbranched alkanes of at least 4 members (excludes halogenated alkanes) is 1. The molecule has 2 aromatic rings. The SMILES string of the molecule is CCCCc1ccc(CC(=O)NNC(=O)c2cc(C)oc2C)cc1. The summed E-state index contributed by atoms with van der Waals surface area (Å²) in [4.78, 5) is 23.9. The van der Waals surface area contributed by atoms with Gasteiger partial charge in [-0.2, -0.15) is 0 Å². The Morgan fingerprint density at radius 2 is 1.71 bits per heavy atom. The fourth-order valence-electron chi connectivity index (χ4n) is 2.48. The molecule has 0 aliphatic rings. The Labute approximate surface area is 142 Å². The molecule has 0 unspecified atom stereocenters. The minimum absolute atomic E-state index is 0.220. The molecule has 5 nitrogen and oxygen atoms in total. The largest absolute Gasteiger partial charge is 0.466 e. The molecule has 2 amide bonds. The molecule has 0 spiro atoms. The molecule has 0 saturated carbocycles. The van der Waals surface area contributed by atoms with E-state index in [0.29, 0.717) is 17.1 Å². The second kappa shape index (κ2) is 8.34. The summed E-state index contributed by atoms with van der Waals surface area (Å²) in [5.41, 5.74) is 7.46. The van der Waals surface area contributed by atoms with Gasteiger partial charge in [0.05, 0.1) is 12.0 Å². The summed E-state index contributed by atoms with van der Waals surface area (Å²) in [6, 6.07) is 9.65. The van der Waals surface area contributed by atoms with Crippen LogP contribution in [0.4, 0.5) is 0 Å². The lowest BCUT2D eigenvalue weighted by molar-refractivity contribution is -0.121. The van der Waals surface area contributed by atoms with Crippen molar-refractivity contribution in [2.24, 2.45) is 0 Å². The Bertz CT molecular complexity index is 702. The highest BCUT2D eigenvalue weighted by Gasteiger charge is 2.14. The van der Waals surface area contributed by atoms with E-state index >= 15 is 0 Å². The van der Waals surface area contributed by atoms with Crippen LogP contribution in [-0.4, -0.2) is 11.8 Å². The predicted molar refractivity (Wildman–Crippen MR) is 92.5 cm³/mol. The standard InChI is InChI=1S/C19H24N2O3/c1-4-5-6-15-7-9-16(10-8-15)12-18(22)20-21-19(23)17-11-13(2)24-14(17)3/h7-11H,4-6,12H2,1-3H3,(H,20,22)(H,21,23). The quantitative estimate of drug-likeness (QED) is 0.800. The molecule has 0 radical (unpaired) electrons. The van der Waals surface area contributed by atoms with Crippen molar-refractivity contribution >= 4 is 11.8 Å². The van der Waals surface area contributed by atoms with Crippen molar-refractivity contribution in [3.05, 3.63) is 58.5 Å². The first-order valence-corrected chi connectivity index (χ1v) is 8.23. The Balaban J connectivity index is 1.82. The van der Waals surface area contributed by atoms with Gasteiger partial charge in [0.1, 0.15) is 11.5 Å². The highest BCUT2D eigenvalue weighted by molar-refractivity contribution is 5.96. The van der Waals surface area contributed by atoms with E-state index in [2.05, 4.69) is 29.9 Å². The first-order valence-electron chi connectivity index (χ1n) is 8.23. The average Bonchev–Trinajstić information content (AvgIpc) is 2.90. The first-order chi connectivity index (χ1) is 11.5. The van der Waals surface area contributed by atoms with Crippen LogP contribution in [0.15, 0.2) is 34.7 Å². The van der Waals surface area contributed by atoms with E-state index in [-0.39, 0.29) is 18.2 Å². The van der Waals surface area contributed by atoms with Gasteiger partial charge in [-0.05, 0) is 43.9 Å². The van der Waals surface area contributed by atoms with Crippen LogP contribution in [0.5, 0.6) is 0 Å². The number of hydrogen-bond donors (Lipinski definition) is 2. The number of carbonyl (C=O) groups is 2. The van der Waals surface area contributed by atoms with Gasteiger partial charge in [-0.1, -0.05) is 37.6 Å². The summed E-state index contributed by atoms with van der Waals surface area (Å²) < 4.78 is 5.30. The molecule has 1 aromatic heterocycles. The highest BCUT2D eigenvalue weighted by Crippen LogP contribution is 2.13. The summed E-state index contributed by atoms with van der Waals surface area (Å²) in [5.74, 6) is 0.546. The van der Waals surface area contributed by atoms with E-state index in [1.54, 1.807) is 19.9 Å². The van der Waals surface area contributed by atoms with E-state index < -0.39 is 0 Å². The number of hydrogen-bond acceptors (Lipinski definition) is 3. The lowest BCUT2D eigenvalue weighted by Gasteiger charge is -2.07. The fraction of sp³-hybridized carbons (Fsp3) is 0.368. The van der Waals surface area contributed by atoms with Gasteiger partial charge >= 0.3 is 0 Å². The molecule has 128 valence electrons. The number of hydrazine groups is 1. The van der Waals surface area contributed by atoms with Gasteiger partial charge < -0.3 is 4.42 Å². The molecular formula is C19H24N2O3. The van der Waals surface area contributed by atoms with E-state index in [4.69, 9.17) is 4.42 Å². The van der Waals surface area contributed by atoms with Crippen molar-refractivity contribution in [1.29, 1.82) is 0 Å². The zero-order valence-corrected chi connectivity index (χ0v) is 14.4. The third kappa shape index (κ3) is 4.98. The molecule has 2 N–H and O–H groups in total. The zero-order chi connectivity index (χ0) is 17.5. The minimum Gasteiger partial charge on any atom is -0.466 e. The molecule has 0 fully saturated rings. The maximum absolute atomic E-state index is 12.0. The van der Waals surface area contributed by atoms with Crippen molar-refractivity contribution in [3.63, 3.8) is 0 Å². The monoisotopic (exact) mass is 328 g/mol. The zero-order valence-electron chi connectivity index (χ0n) is 14.4. The van der Waals surface area contributed by atoms with E-state index in [0.717, 1.165) is 12.0 Å². The van der Waals surface area contributed by atoms with Gasteiger partial charge in [-0.3, -0.25) is 20.4 Å². The summed E-state index contributed by atoms with van der Waals surface area (Å²) in [6.45, 7) is 5.65. The molecule has 0 atom stereocenters. The topological polar surface area (TPSA) is 71.3 Å². The van der Waals surface area contributed by atoms with Crippen molar-refractivity contribution in [2.45, 2.75) is 46.5 Å². The van der Waals surface area contributed by atoms with Crippen LogP contribution in [0.3, 0.4) is 0 Å². The highest BCUT2D eigenvalue weighted by atomic mass is 16.3. The lowest BCUT2D eigenvalue weighted by atomic mass is 10.0. The number of rotatable bonds is 6. The maximum atomic E-state index is 12.0. The van der Waals surface area contributed by atoms with Crippen LogP contribution in [0, 0.1) is 13.8 Å². The van der Waals surface area contributed by atoms with Crippen LogP contribution < -0.4 is 10.9 Å². The number of benzene rings is 1. The molecule has 24 heavy (non-hydrogen) atoms. The molecule has 1 aromatic carbocycles. The van der Waals surface area contributed by atoms with Crippen LogP contribution in [0.25, 0.3) is 0 Å². The van der Waals surface area contributed by atoms with Crippen molar-refractivity contribution in [3.8, 4) is 0 Å². The predicted octanol–water partition coefficient (Wildman–Crippen LogP) is 3.24. The van der Waals surface area contributed by atoms with Crippen LogP contribution in [-0.2, 0) is 17.6 Å². The number of nitrogens with one attached hydrogen (secondary N) is 2. The molecule has 2 rings (SSSR count). The third-order valence-corrected chi connectivity index (χ3v) is 3.81. The molecular weight excluding hydrogens is 304 g/mol. The van der Waals surface area contributed by atoms with Gasteiger partial charge in [-0.15, -0.1) is 0 Å². The smallest absolute Gasteiger partial charge is 0.273 e. The van der Waals surface area contributed by atoms with Gasteiger partial charge in [0, 0.05) is 0 Å². The van der Waals surface area contributed by atoms with Crippen molar-refractivity contribution < 1.29 is 14.0 Å². The number of aryl methyl sites for hydroxylation is 3. The van der Waals surface area contributed by atoms with E-state index in [9.17, 15) is 9.59 Å².